The van der Waals surface area contributed by atoms with E-state index in [2.05, 4.69) is 15.6 Å². The predicted molar refractivity (Wildman–Crippen MR) is 76.8 cm³/mol. The first kappa shape index (κ1) is 15.1. The van der Waals surface area contributed by atoms with Crippen LogP contribution in [0.2, 0.25) is 0 Å². The van der Waals surface area contributed by atoms with Gasteiger partial charge in [0.15, 0.2) is 0 Å². The average Bonchev–Trinajstić information content (AvgIpc) is 3.11. The fourth-order valence-corrected chi connectivity index (χ4v) is 2.71. The van der Waals surface area contributed by atoms with Crippen molar-refractivity contribution in [3.8, 4) is 0 Å². The number of aromatic nitrogens is 2. The molecule has 2 heterocycles. The number of hydrogen-bond acceptors (Lipinski definition) is 3. The Morgan fingerprint density at radius 3 is 2.70 bits per heavy atom. The molecule has 0 unspecified atom stereocenters. The first-order chi connectivity index (χ1) is 11.0. The Morgan fingerprint density at radius 2 is 2.09 bits per heavy atom. The highest BCUT2D eigenvalue weighted by Gasteiger charge is 2.39. The Morgan fingerprint density at radius 1 is 1.39 bits per heavy atom. The molecule has 0 spiro atoms. The number of aryl methyl sites for hydroxylation is 1. The van der Waals surface area contributed by atoms with Crippen LogP contribution in [0.25, 0.3) is 0 Å². The van der Waals surface area contributed by atoms with Crippen molar-refractivity contribution in [3.63, 3.8) is 0 Å². The molecule has 120 valence electrons. The predicted octanol–water partition coefficient (Wildman–Crippen LogP) is 1.31. The maximum atomic E-state index is 14.2. The summed E-state index contributed by atoms with van der Waals surface area (Å²) in [5.74, 6) is -2.77. The monoisotopic (exact) mass is 320 g/mol. The van der Waals surface area contributed by atoms with E-state index in [4.69, 9.17) is 0 Å². The van der Waals surface area contributed by atoms with Crippen molar-refractivity contribution >= 4 is 11.9 Å². The zero-order chi connectivity index (χ0) is 16.6. The number of nitrogens with zero attached hydrogens (tertiary/aromatic N) is 2. The van der Waals surface area contributed by atoms with Crippen LogP contribution in [0.1, 0.15) is 17.0 Å². The van der Waals surface area contributed by atoms with Crippen molar-refractivity contribution in [1.82, 2.24) is 20.2 Å². The van der Waals surface area contributed by atoms with E-state index in [-0.39, 0.29) is 12.1 Å². The molecule has 1 saturated heterocycles. The van der Waals surface area contributed by atoms with Gasteiger partial charge in [-0.3, -0.25) is 9.36 Å². The van der Waals surface area contributed by atoms with Gasteiger partial charge in [-0.2, -0.15) is 0 Å². The van der Waals surface area contributed by atoms with Crippen LogP contribution in [0.4, 0.5) is 13.6 Å². The molecule has 1 fully saturated rings. The number of rotatable bonds is 2. The Balaban J connectivity index is 1.90. The maximum Gasteiger partial charge on any atom is 0.327 e. The van der Waals surface area contributed by atoms with Gasteiger partial charge in [0.05, 0.1) is 0 Å². The highest BCUT2D eigenvalue weighted by atomic mass is 19.1. The van der Waals surface area contributed by atoms with Crippen molar-refractivity contribution in [2.75, 3.05) is 6.54 Å². The highest BCUT2D eigenvalue weighted by molar-refractivity contribution is 5.90. The summed E-state index contributed by atoms with van der Waals surface area (Å²) in [6, 6.07) is 0.755. The van der Waals surface area contributed by atoms with Crippen LogP contribution >= 0.6 is 0 Å². The minimum absolute atomic E-state index is 0.0462. The van der Waals surface area contributed by atoms with E-state index in [0.717, 1.165) is 4.57 Å². The molecule has 23 heavy (non-hydrogen) atoms. The standard InChI is InChI=1S/C15H14F2N4O2/c1-8-4-10(16)12(11(17)5-8)9-6-19-14(22)13(9)20-15(23)21-3-2-18-7-21/h2-5,7,9,13H,6H2,1H3,(H,19,22)(H,20,23)/t9-,13-/m0/s1. The van der Waals surface area contributed by atoms with Gasteiger partial charge >= 0.3 is 6.03 Å². The van der Waals surface area contributed by atoms with Gasteiger partial charge in [-0.15, -0.1) is 0 Å². The third-order valence-electron chi connectivity index (χ3n) is 3.79. The third kappa shape index (κ3) is 2.79. The van der Waals surface area contributed by atoms with Crippen LogP contribution in [-0.2, 0) is 4.79 Å². The second kappa shape index (κ2) is 5.79. The van der Waals surface area contributed by atoms with Gasteiger partial charge < -0.3 is 10.6 Å². The highest BCUT2D eigenvalue weighted by Crippen LogP contribution is 2.29. The number of nitrogens with one attached hydrogen (secondary N) is 2. The lowest BCUT2D eigenvalue weighted by Crippen LogP contribution is -2.44. The summed E-state index contributed by atoms with van der Waals surface area (Å²) in [7, 11) is 0. The maximum absolute atomic E-state index is 14.2. The van der Waals surface area contributed by atoms with Crippen molar-refractivity contribution in [2.24, 2.45) is 0 Å². The molecule has 1 aromatic heterocycles. The summed E-state index contributed by atoms with van der Waals surface area (Å²) in [5, 5.41) is 5.01. The molecule has 0 aliphatic carbocycles. The quantitative estimate of drug-likeness (QED) is 0.876. The Kier molecular flexibility index (Phi) is 3.81. The van der Waals surface area contributed by atoms with Crippen LogP contribution in [0, 0.1) is 18.6 Å². The fraction of sp³-hybridized carbons (Fsp3) is 0.267. The molecule has 1 aromatic carbocycles. The molecule has 2 N–H and O–H groups in total. The molecule has 2 atom stereocenters. The molecule has 0 bridgehead atoms. The van der Waals surface area contributed by atoms with E-state index >= 15 is 0 Å². The van der Waals surface area contributed by atoms with Crippen molar-refractivity contribution in [1.29, 1.82) is 0 Å². The first-order valence-corrected chi connectivity index (χ1v) is 6.99. The van der Waals surface area contributed by atoms with E-state index in [9.17, 15) is 18.4 Å². The number of amides is 2. The summed E-state index contributed by atoms with van der Waals surface area (Å²) >= 11 is 0. The number of benzene rings is 1. The topological polar surface area (TPSA) is 76.0 Å². The summed E-state index contributed by atoms with van der Waals surface area (Å²) in [4.78, 5) is 27.7. The van der Waals surface area contributed by atoms with Crippen LogP contribution in [0.15, 0.2) is 30.9 Å². The van der Waals surface area contributed by atoms with Gasteiger partial charge in [-0.25, -0.2) is 18.6 Å². The molecule has 2 aromatic rings. The molecule has 1 aliphatic heterocycles. The van der Waals surface area contributed by atoms with Crippen LogP contribution in [0.3, 0.4) is 0 Å². The Bertz CT molecular complexity index is 738. The second-order valence-corrected chi connectivity index (χ2v) is 5.39. The average molecular weight is 320 g/mol. The van der Waals surface area contributed by atoms with Crippen molar-refractivity contribution in [3.05, 3.63) is 53.6 Å². The van der Waals surface area contributed by atoms with E-state index in [0.29, 0.717) is 5.56 Å². The second-order valence-electron chi connectivity index (χ2n) is 5.39. The van der Waals surface area contributed by atoms with Crippen molar-refractivity contribution < 1.29 is 18.4 Å². The molecule has 0 saturated carbocycles. The number of carbonyl (C=O) groups excluding carboxylic acids is 2. The molecule has 6 nitrogen and oxygen atoms in total. The van der Waals surface area contributed by atoms with Gasteiger partial charge in [0.1, 0.15) is 24.0 Å². The third-order valence-corrected chi connectivity index (χ3v) is 3.79. The lowest BCUT2D eigenvalue weighted by atomic mass is 9.92. The zero-order valence-corrected chi connectivity index (χ0v) is 12.2. The minimum Gasteiger partial charge on any atom is -0.354 e. The normalized spacial score (nSPS) is 20.4. The van der Waals surface area contributed by atoms with Gasteiger partial charge in [0.25, 0.3) is 0 Å². The lowest BCUT2D eigenvalue weighted by Gasteiger charge is -2.20. The summed E-state index contributed by atoms with van der Waals surface area (Å²) < 4.78 is 29.5. The van der Waals surface area contributed by atoms with Gasteiger partial charge in [-0.05, 0) is 24.6 Å². The molecule has 3 rings (SSSR count). The first-order valence-electron chi connectivity index (χ1n) is 6.99. The summed E-state index contributed by atoms with van der Waals surface area (Å²) in [5.41, 5.74) is 0.241. The van der Waals surface area contributed by atoms with E-state index < -0.39 is 35.5 Å². The SMILES string of the molecule is Cc1cc(F)c([C@@H]2CNC(=O)[C@H]2NC(=O)n2ccnc2)c(F)c1. The summed E-state index contributed by atoms with van der Waals surface area (Å²) in [6.07, 6.45) is 4.08. The van der Waals surface area contributed by atoms with Crippen LogP contribution < -0.4 is 10.6 Å². The molecule has 1 aliphatic rings. The minimum atomic E-state index is -1.06. The Hall–Kier alpha value is -2.77. The number of hydrogen-bond donors (Lipinski definition) is 2. The van der Waals surface area contributed by atoms with Gasteiger partial charge in [0.2, 0.25) is 5.91 Å². The molecular formula is C15H14F2N4O2. The lowest BCUT2D eigenvalue weighted by molar-refractivity contribution is -0.120. The largest absolute Gasteiger partial charge is 0.354 e. The van der Waals surface area contributed by atoms with E-state index in [1.807, 2.05) is 0 Å². The van der Waals surface area contributed by atoms with Crippen LogP contribution in [0.5, 0.6) is 0 Å². The fourth-order valence-electron chi connectivity index (χ4n) is 2.71. The van der Waals surface area contributed by atoms with E-state index in [1.54, 1.807) is 6.92 Å². The molecule has 0 radical (unpaired) electrons. The number of carbonyl (C=O) groups is 2. The van der Waals surface area contributed by atoms with Gasteiger partial charge in [0, 0.05) is 30.4 Å². The van der Waals surface area contributed by atoms with E-state index in [1.165, 1.54) is 30.9 Å². The van der Waals surface area contributed by atoms with Crippen molar-refractivity contribution in [2.45, 2.75) is 18.9 Å². The molecule has 2 amide bonds. The number of imidazole rings is 1. The Labute approximate surface area is 130 Å². The molecular weight excluding hydrogens is 306 g/mol. The number of halogens is 2. The summed E-state index contributed by atoms with van der Waals surface area (Å²) in [6.45, 7) is 1.62. The molecule has 8 heteroatoms. The smallest absolute Gasteiger partial charge is 0.327 e. The van der Waals surface area contributed by atoms with Gasteiger partial charge in [-0.1, -0.05) is 0 Å². The van der Waals surface area contributed by atoms with Crippen LogP contribution in [-0.4, -0.2) is 34.1 Å². The zero-order valence-electron chi connectivity index (χ0n) is 12.2.